The summed E-state index contributed by atoms with van der Waals surface area (Å²) >= 11 is 0. The number of carbonyl (C=O) groups is 2. The van der Waals surface area contributed by atoms with Gasteiger partial charge in [0.2, 0.25) is 5.91 Å². The summed E-state index contributed by atoms with van der Waals surface area (Å²) in [7, 11) is 0. The van der Waals surface area contributed by atoms with Gasteiger partial charge < -0.3 is 24.3 Å². The van der Waals surface area contributed by atoms with Crippen LogP contribution in [0.5, 0.6) is 0 Å². The lowest BCUT2D eigenvalue weighted by atomic mass is 9.91. The van der Waals surface area contributed by atoms with Crippen molar-refractivity contribution in [3.8, 4) is 22.4 Å². The van der Waals surface area contributed by atoms with E-state index in [1.807, 2.05) is 38.8 Å². The van der Waals surface area contributed by atoms with Crippen LogP contribution in [0.1, 0.15) is 104 Å². The molecule has 0 bridgehead atoms. The van der Waals surface area contributed by atoms with Crippen molar-refractivity contribution in [1.82, 2.24) is 29.7 Å². The van der Waals surface area contributed by atoms with Gasteiger partial charge in [-0.25, -0.2) is 14.8 Å². The van der Waals surface area contributed by atoms with Gasteiger partial charge >= 0.3 is 6.09 Å². The van der Waals surface area contributed by atoms with Gasteiger partial charge in [0.15, 0.2) is 0 Å². The normalized spacial score (nSPS) is 21.2. The van der Waals surface area contributed by atoms with E-state index >= 15 is 0 Å². The highest BCUT2D eigenvalue weighted by Gasteiger charge is 2.50. The number of benzene rings is 3. The number of rotatable bonds is 6. The second-order valence-corrected chi connectivity index (χ2v) is 16.8. The molecule has 57 heavy (non-hydrogen) atoms. The SMILES string of the molecule is CC(C)[C@H](C)C(=O)N1CCC[C@H]1c1nc2c(ccc3cc(-c4ccc(-c5cnc([C@@H]6C[C@@]7(CCCCO7)CN6C(=O)OC(C)(C)C)[nH]5)cc4)ccc32)[nH]1.S.S.S.S. The molecule has 2 aromatic heterocycles. The van der Waals surface area contributed by atoms with Gasteiger partial charge in [-0.1, -0.05) is 63.2 Å². The number of nitrogens with one attached hydrogen (secondary N) is 2. The maximum Gasteiger partial charge on any atom is 0.411 e. The minimum Gasteiger partial charge on any atom is -0.444 e. The third-order valence-electron chi connectivity index (χ3n) is 11.6. The van der Waals surface area contributed by atoms with Crippen molar-refractivity contribution in [3.63, 3.8) is 0 Å². The van der Waals surface area contributed by atoms with Crippen molar-refractivity contribution in [2.24, 2.45) is 11.8 Å². The van der Waals surface area contributed by atoms with Crippen LogP contribution in [-0.2, 0) is 14.3 Å². The van der Waals surface area contributed by atoms with E-state index in [9.17, 15) is 9.59 Å². The second kappa shape index (κ2) is 18.3. The molecule has 0 aliphatic carbocycles. The molecule has 2 amide bonds. The van der Waals surface area contributed by atoms with Crippen molar-refractivity contribution >= 4 is 87.8 Å². The molecule has 2 N–H and O–H groups in total. The fraction of sp³-hybridized carbons (Fsp3) is 0.488. The average Bonchev–Trinajstić information content (AvgIpc) is 3.96. The van der Waals surface area contributed by atoms with E-state index in [1.165, 1.54) is 0 Å². The zero-order valence-corrected chi connectivity index (χ0v) is 37.9. The minimum atomic E-state index is -0.591. The minimum absolute atomic E-state index is 0. The monoisotopic (exact) mass is 852 g/mol. The Hall–Kier alpha value is -3.30. The summed E-state index contributed by atoms with van der Waals surface area (Å²) in [6.07, 6.45) is 7.22. The Morgan fingerprint density at radius 1 is 0.860 bits per heavy atom. The summed E-state index contributed by atoms with van der Waals surface area (Å²) in [5, 5.41) is 2.21. The van der Waals surface area contributed by atoms with E-state index in [-0.39, 0.29) is 89.6 Å². The van der Waals surface area contributed by atoms with Crippen LogP contribution in [-0.4, -0.2) is 72.6 Å². The zero-order valence-electron chi connectivity index (χ0n) is 33.9. The topological polar surface area (TPSA) is 116 Å². The number of hydrogen-bond acceptors (Lipinski definition) is 6. The van der Waals surface area contributed by atoms with Crippen LogP contribution in [0.25, 0.3) is 44.2 Å². The lowest BCUT2D eigenvalue weighted by molar-refractivity contribution is -0.137. The Morgan fingerprint density at radius 2 is 1.58 bits per heavy atom. The lowest BCUT2D eigenvalue weighted by Crippen LogP contribution is -2.42. The molecule has 0 radical (unpaired) electrons. The molecule has 0 saturated carbocycles. The molecule has 3 aliphatic heterocycles. The molecular weight excluding hydrogens is 793 g/mol. The predicted octanol–water partition coefficient (Wildman–Crippen LogP) is 9.80. The number of fused-ring (bicyclic) bond motifs is 3. The fourth-order valence-electron chi connectivity index (χ4n) is 8.42. The van der Waals surface area contributed by atoms with E-state index in [0.717, 1.165) is 101 Å². The van der Waals surface area contributed by atoms with Gasteiger partial charge in [0, 0.05) is 30.9 Å². The summed E-state index contributed by atoms with van der Waals surface area (Å²) in [5.41, 5.74) is 5.14. The first-order valence-corrected chi connectivity index (χ1v) is 19.4. The third-order valence-corrected chi connectivity index (χ3v) is 11.6. The number of hydrogen-bond donors (Lipinski definition) is 2. The first-order chi connectivity index (χ1) is 25.4. The van der Waals surface area contributed by atoms with Crippen molar-refractivity contribution in [3.05, 3.63) is 72.4 Å². The molecule has 5 aromatic rings. The Kier molecular flexibility index (Phi) is 14.9. The summed E-state index contributed by atoms with van der Waals surface area (Å²) in [4.78, 5) is 47.5. The molecule has 3 aromatic carbocycles. The summed E-state index contributed by atoms with van der Waals surface area (Å²) in [6, 6.07) is 19.0. The third kappa shape index (κ3) is 9.30. The molecule has 3 fully saturated rings. The first-order valence-electron chi connectivity index (χ1n) is 19.4. The summed E-state index contributed by atoms with van der Waals surface area (Å²) in [5.74, 6) is 2.14. The van der Waals surface area contributed by atoms with E-state index in [0.29, 0.717) is 18.9 Å². The zero-order chi connectivity index (χ0) is 37.1. The number of H-pyrrole nitrogens is 2. The Morgan fingerprint density at radius 3 is 2.26 bits per heavy atom. The second-order valence-electron chi connectivity index (χ2n) is 16.8. The van der Waals surface area contributed by atoms with Crippen molar-refractivity contribution in [2.45, 2.75) is 103 Å². The van der Waals surface area contributed by atoms with E-state index < -0.39 is 5.60 Å². The molecule has 3 aliphatic rings. The quantitative estimate of drug-likeness (QED) is 0.176. The molecule has 10 nitrogen and oxygen atoms in total. The summed E-state index contributed by atoms with van der Waals surface area (Å²) < 4.78 is 12.1. The number of nitrogens with zero attached hydrogens (tertiary/aromatic N) is 4. The highest BCUT2D eigenvalue weighted by Crippen LogP contribution is 2.44. The molecule has 4 atom stereocenters. The number of amides is 2. The van der Waals surface area contributed by atoms with Gasteiger partial charge in [-0.2, -0.15) is 54.0 Å². The molecule has 5 heterocycles. The van der Waals surface area contributed by atoms with Crippen LogP contribution < -0.4 is 0 Å². The number of ether oxygens (including phenoxy) is 2. The van der Waals surface area contributed by atoms with Crippen molar-refractivity contribution in [1.29, 1.82) is 0 Å². The Bertz CT molecular complexity index is 2160. The molecule has 14 heteroatoms. The van der Waals surface area contributed by atoms with E-state index in [2.05, 4.69) is 78.4 Å². The van der Waals surface area contributed by atoms with Crippen LogP contribution in [0, 0.1) is 11.8 Å². The van der Waals surface area contributed by atoms with Crippen molar-refractivity contribution < 1.29 is 19.1 Å². The smallest absolute Gasteiger partial charge is 0.411 e. The maximum atomic E-state index is 13.4. The highest BCUT2D eigenvalue weighted by atomic mass is 32.1. The van der Waals surface area contributed by atoms with Gasteiger partial charge in [-0.05, 0) is 93.0 Å². The molecule has 3 saturated heterocycles. The van der Waals surface area contributed by atoms with Gasteiger partial charge in [0.25, 0.3) is 0 Å². The van der Waals surface area contributed by atoms with Crippen LogP contribution in [0.2, 0.25) is 0 Å². The highest BCUT2D eigenvalue weighted by molar-refractivity contribution is 7.59. The molecule has 1 spiro atoms. The standard InChI is InChI=1S/C43H52N6O4.4H2S/c1-26(2)27(3)40(50)48-20-9-10-35(48)39-45-33-18-16-31-22-30(15-17-32(31)37(33)47-39)28-11-13-29(14-12-28)34-24-44-38(46-34)36-23-43(19-7-8-21-52-43)25-49(36)41(51)53-42(4,5)6;;;;/h11-18,22,24,26-27,35-36H,7-10,19-21,23,25H2,1-6H3,(H,44,46)(H,45,47);4*1H2/t27-,35-,36-,43-;;;;/m0..../s1. The van der Waals surface area contributed by atoms with Crippen LogP contribution in [0.4, 0.5) is 4.79 Å². The molecule has 0 unspecified atom stereocenters. The largest absolute Gasteiger partial charge is 0.444 e. The predicted molar refractivity (Wildman–Crippen MR) is 249 cm³/mol. The van der Waals surface area contributed by atoms with Crippen molar-refractivity contribution in [2.75, 3.05) is 19.7 Å². The summed E-state index contributed by atoms with van der Waals surface area (Å²) in [6.45, 7) is 14.0. The molecule has 310 valence electrons. The number of aromatic amines is 2. The van der Waals surface area contributed by atoms with Gasteiger partial charge in [0.1, 0.15) is 17.2 Å². The lowest BCUT2D eigenvalue weighted by Gasteiger charge is -2.33. The van der Waals surface area contributed by atoms with Gasteiger partial charge in [-0.15, -0.1) is 0 Å². The van der Waals surface area contributed by atoms with E-state index in [1.54, 1.807) is 4.90 Å². The van der Waals surface area contributed by atoms with Gasteiger partial charge in [0.05, 0.1) is 47.2 Å². The van der Waals surface area contributed by atoms with Gasteiger partial charge in [-0.3, -0.25) is 9.69 Å². The number of likely N-dealkylation sites (tertiary alicyclic amines) is 2. The Labute approximate surface area is 364 Å². The average molecular weight is 853 g/mol. The number of carbonyl (C=O) groups excluding carboxylic acids is 2. The maximum absolute atomic E-state index is 13.4. The van der Waals surface area contributed by atoms with Crippen LogP contribution in [0.3, 0.4) is 0 Å². The Balaban J connectivity index is 0.00000180. The van der Waals surface area contributed by atoms with Crippen LogP contribution in [0.15, 0.2) is 60.8 Å². The number of imidazole rings is 2. The molecule has 8 rings (SSSR count). The van der Waals surface area contributed by atoms with E-state index in [4.69, 9.17) is 19.4 Å². The fourth-order valence-corrected chi connectivity index (χ4v) is 8.42. The molecular formula is C43H60N6O4S4. The van der Waals surface area contributed by atoms with Crippen LogP contribution >= 0.6 is 54.0 Å². The number of aromatic nitrogens is 4. The first kappa shape index (κ1) is 46.4.